The average Bonchev–Trinajstić information content (AvgIpc) is 2.77. The molecule has 1 aromatic carbocycles. The van der Waals surface area contributed by atoms with Crippen molar-refractivity contribution < 1.29 is 4.79 Å². The van der Waals surface area contributed by atoms with Crippen LogP contribution in [0, 0.1) is 3.57 Å². The number of hydrogen-bond donors (Lipinski definition) is 1. The first-order valence-electron chi connectivity index (χ1n) is 13.3. The Labute approximate surface area is 206 Å². The fraction of sp³-hybridized carbons (Fsp3) is 0.750. The molecule has 1 aromatic rings. The smallest absolute Gasteiger partial charge is 0.224 e. The van der Waals surface area contributed by atoms with Gasteiger partial charge in [0.1, 0.15) is 0 Å². The first-order chi connectivity index (χ1) is 15.2. The number of halogens is 1. The Hall–Kier alpha value is -0.580. The summed E-state index contributed by atoms with van der Waals surface area (Å²) in [5.41, 5.74) is 0.906. The van der Waals surface area contributed by atoms with Crippen LogP contribution in [0.5, 0.6) is 0 Å². The standard InChI is InChI=1S/C28H48INO/c1-2-3-4-5-6-7-8-9-10-11-12-13-14-15-16-17-18-19-20-21-28(31)30-27-24-22-26(29)23-25-27/h22-25H,2-21H2,1H3,(H,30,31). The quantitative estimate of drug-likeness (QED) is 0.122. The number of hydrogen-bond acceptors (Lipinski definition) is 1. The van der Waals surface area contributed by atoms with Gasteiger partial charge in [0.15, 0.2) is 0 Å². The molecule has 0 heterocycles. The summed E-state index contributed by atoms with van der Waals surface area (Å²) in [4.78, 5) is 12.0. The zero-order chi connectivity index (χ0) is 22.4. The highest BCUT2D eigenvalue weighted by Crippen LogP contribution is 2.15. The van der Waals surface area contributed by atoms with Gasteiger partial charge in [-0.05, 0) is 53.3 Å². The zero-order valence-corrected chi connectivity index (χ0v) is 22.4. The van der Waals surface area contributed by atoms with E-state index in [1.165, 1.54) is 119 Å². The summed E-state index contributed by atoms with van der Waals surface area (Å²) in [5, 5.41) is 2.99. The Morgan fingerprint density at radius 3 is 1.35 bits per heavy atom. The highest BCUT2D eigenvalue weighted by molar-refractivity contribution is 14.1. The molecule has 1 amide bonds. The summed E-state index contributed by atoms with van der Waals surface area (Å²) in [6.45, 7) is 2.29. The van der Waals surface area contributed by atoms with Crippen molar-refractivity contribution in [3.8, 4) is 0 Å². The van der Waals surface area contributed by atoms with Gasteiger partial charge in [-0.2, -0.15) is 0 Å². The van der Waals surface area contributed by atoms with Crippen LogP contribution in [0.25, 0.3) is 0 Å². The van der Waals surface area contributed by atoms with Crippen LogP contribution in [0.4, 0.5) is 5.69 Å². The minimum absolute atomic E-state index is 0.146. The third-order valence-electron chi connectivity index (χ3n) is 6.14. The highest BCUT2D eigenvalue weighted by Gasteiger charge is 2.02. The summed E-state index contributed by atoms with van der Waals surface area (Å²) < 4.78 is 1.19. The average molecular weight is 542 g/mol. The Kier molecular flexibility index (Phi) is 19.5. The molecule has 2 nitrogen and oxygen atoms in total. The molecular formula is C28H48INO. The summed E-state index contributed by atoms with van der Waals surface area (Å²) in [7, 11) is 0. The van der Waals surface area contributed by atoms with Crippen LogP contribution >= 0.6 is 22.6 Å². The van der Waals surface area contributed by atoms with Crippen molar-refractivity contribution in [2.75, 3.05) is 5.32 Å². The monoisotopic (exact) mass is 541 g/mol. The predicted molar refractivity (Wildman–Crippen MR) is 146 cm³/mol. The second kappa shape index (κ2) is 21.3. The Bertz CT molecular complexity index is 528. The third kappa shape index (κ3) is 18.7. The van der Waals surface area contributed by atoms with Gasteiger partial charge in [0, 0.05) is 15.7 Å². The maximum Gasteiger partial charge on any atom is 0.224 e. The Morgan fingerprint density at radius 1 is 0.613 bits per heavy atom. The molecular weight excluding hydrogens is 493 g/mol. The van der Waals surface area contributed by atoms with Crippen molar-refractivity contribution in [2.24, 2.45) is 0 Å². The molecule has 0 aliphatic carbocycles. The lowest BCUT2D eigenvalue weighted by Crippen LogP contribution is -2.10. The van der Waals surface area contributed by atoms with Gasteiger partial charge >= 0.3 is 0 Å². The molecule has 0 fully saturated rings. The number of nitrogens with one attached hydrogen (secondary N) is 1. The number of unbranched alkanes of at least 4 members (excludes halogenated alkanes) is 18. The molecule has 1 rings (SSSR count). The number of anilines is 1. The van der Waals surface area contributed by atoms with Crippen molar-refractivity contribution in [2.45, 2.75) is 135 Å². The van der Waals surface area contributed by atoms with E-state index in [0.29, 0.717) is 6.42 Å². The van der Waals surface area contributed by atoms with Crippen LogP contribution in [-0.2, 0) is 4.79 Å². The van der Waals surface area contributed by atoms with Crippen molar-refractivity contribution in [1.82, 2.24) is 0 Å². The summed E-state index contributed by atoms with van der Waals surface area (Å²) in [6.07, 6.45) is 26.9. The van der Waals surface area contributed by atoms with E-state index < -0.39 is 0 Å². The molecule has 0 aromatic heterocycles. The topological polar surface area (TPSA) is 29.1 Å². The van der Waals surface area contributed by atoms with E-state index in [9.17, 15) is 4.79 Å². The number of benzene rings is 1. The van der Waals surface area contributed by atoms with E-state index >= 15 is 0 Å². The van der Waals surface area contributed by atoms with E-state index in [1.807, 2.05) is 24.3 Å². The highest BCUT2D eigenvalue weighted by atomic mass is 127. The molecule has 0 atom stereocenters. The maximum absolute atomic E-state index is 12.0. The van der Waals surface area contributed by atoms with Crippen LogP contribution in [0.3, 0.4) is 0 Å². The predicted octanol–water partition coefficient (Wildman–Crippen LogP) is 10.1. The van der Waals surface area contributed by atoms with E-state index in [2.05, 4.69) is 34.8 Å². The van der Waals surface area contributed by atoms with Crippen molar-refractivity contribution >= 4 is 34.2 Å². The fourth-order valence-electron chi connectivity index (χ4n) is 4.12. The number of rotatable bonds is 21. The van der Waals surface area contributed by atoms with Crippen molar-refractivity contribution in [1.29, 1.82) is 0 Å². The number of amides is 1. The van der Waals surface area contributed by atoms with Crippen molar-refractivity contribution in [3.05, 3.63) is 27.8 Å². The largest absolute Gasteiger partial charge is 0.326 e. The summed E-state index contributed by atoms with van der Waals surface area (Å²) >= 11 is 2.28. The first-order valence-corrected chi connectivity index (χ1v) is 14.4. The molecule has 0 bridgehead atoms. The molecule has 3 heteroatoms. The molecule has 31 heavy (non-hydrogen) atoms. The van der Waals surface area contributed by atoms with Gasteiger partial charge in [0.05, 0.1) is 0 Å². The third-order valence-corrected chi connectivity index (χ3v) is 6.85. The minimum atomic E-state index is 0.146. The zero-order valence-electron chi connectivity index (χ0n) is 20.2. The minimum Gasteiger partial charge on any atom is -0.326 e. The van der Waals surface area contributed by atoms with Gasteiger partial charge in [0.2, 0.25) is 5.91 Å². The fourth-order valence-corrected chi connectivity index (χ4v) is 4.48. The molecule has 178 valence electrons. The van der Waals surface area contributed by atoms with Crippen LogP contribution in [-0.4, -0.2) is 5.91 Å². The second-order valence-electron chi connectivity index (χ2n) is 9.17. The second-order valence-corrected chi connectivity index (χ2v) is 10.4. The molecule has 1 N–H and O–H groups in total. The van der Waals surface area contributed by atoms with Crippen LogP contribution in [0.1, 0.15) is 135 Å². The molecule has 0 saturated heterocycles. The van der Waals surface area contributed by atoms with Gasteiger partial charge in [-0.25, -0.2) is 0 Å². The summed E-state index contributed by atoms with van der Waals surface area (Å²) in [5.74, 6) is 0.146. The van der Waals surface area contributed by atoms with Gasteiger partial charge in [-0.15, -0.1) is 0 Å². The van der Waals surface area contributed by atoms with Crippen molar-refractivity contribution in [3.63, 3.8) is 0 Å². The van der Waals surface area contributed by atoms with Gasteiger partial charge in [-0.1, -0.05) is 122 Å². The summed E-state index contributed by atoms with van der Waals surface area (Å²) in [6, 6.07) is 7.98. The lowest BCUT2D eigenvalue weighted by Gasteiger charge is -2.06. The van der Waals surface area contributed by atoms with E-state index in [-0.39, 0.29) is 5.91 Å². The Balaban J connectivity index is 1.75. The van der Waals surface area contributed by atoms with E-state index in [1.54, 1.807) is 0 Å². The van der Waals surface area contributed by atoms with E-state index in [4.69, 9.17) is 0 Å². The Morgan fingerprint density at radius 2 is 0.968 bits per heavy atom. The normalized spacial score (nSPS) is 11.0. The van der Waals surface area contributed by atoms with Gasteiger partial charge in [0.25, 0.3) is 0 Å². The number of carbonyl (C=O) groups excluding carboxylic acids is 1. The molecule has 0 saturated carbocycles. The number of carbonyl (C=O) groups is 1. The van der Waals surface area contributed by atoms with Crippen LogP contribution in [0.2, 0.25) is 0 Å². The first kappa shape index (κ1) is 28.5. The lowest BCUT2D eigenvalue weighted by molar-refractivity contribution is -0.116. The van der Waals surface area contributed by atoms with Crippen LogP contribution in [0.15, 0.2) is 24.3 Å². The van der Waals surface area contributed by atoms with Gasteiger partial charge < -0.3 is 5.32 Å². The molecule has 0 aliphatic heterocycles. The SMILES string of the molecule is CCCCCCCCCCCCCCCCCCCCCC(=O)Nc1ccc(I)cc1. The molecule has 0 aliphatic rings. The van der Waals surface area contributed by atoms with E-state index in [0.717, 1.165) is 12.1 Å². The molecule has 0 unspecified atom stereocenters. The maximum atomic E-state index is 12.0. The van der Waals surface area contributed by atoms with Crippen LogP contribution < -0.4 is 5.32 Å². The molecule has 0 spiro atoms. The molecule has 0 radical (unpaired) electrons. The van der Waals surface area contributed by atoms with Gasteiger partial charge in [-0.3, -0.25) is 4.79 Å². The lowest BCUT2D eigenvalue weighted by atomic mass is 10.0.